The molecule has 0 amide bonds. The first kappa shape index (κ1) is 22.5. The Hall–Kier alpha value is -3.68. The monoisotopic (exact) mass is 440 g/mol. The Morgan fingerprint density at radius 1 is 1.03 bits per heavy atom. The van der Waals surface area contributed by atoms with Crippen molar-refractivity contribution in [3.63, 3.8) is 0 Å². The molecule has 3 heterocycles. The van der Waals surface area contributed by atoms with Gasteiger partial charge in [-0.05, 0) is 45.4 Å². The van der Waals surface area contributed by atoms with Gasteiger partial charge < -0.3 is 9.47 Å². The minimum atomic E-state index is -0.346. The van der Waals surface area contributed by atoms with Crippen molar-refractivity contribution in [1.29, 1.82) is 10.5 Å². The highest BCUT2D eigenvalue weighted by atomic mass is 16.1. The van der Waals surface area contributed by atoms with Crippen LogP contribution in [-0.2, 0) is 7.05 Å². The summed E-state index contributed by atoms with van der Waals surface area (Å²) in [5, 5.41) is 19.3. The predicted molar refractivity (Wildman–Crippen MR) is 129 cm³/mol. The molecule has 0 aliphatic carbocycles. The van der Waals surface area contributed by atoms with Crippen molar-refractivity contribution in [3.8, 4) is 12.1 Å². The van der Waals surface area contributed by atoms with Crippen molar-refractivity contribution in [1.82, 2.24) is 14.5 Å². The van der Waals surface area contributed by atoms with Crippen LogP contribution in [0.1, 0.15) is 49.2 Å². The van der Waals surface area contributed by atoms with Gasteiger partial charge in [-0.25, -0.2) is 4.98 Å². The molecule has 0 bridgehead atoms. The number of nitriles is 2. The lowest BCUT2D eigenvalue weighted by Gasteiger charge is -2.48. The summed E-state index contributed by atoms with van der Waals surface area (Å²) in [6.45, 7) is 10.0. The SMILES string of the molecule is Cc1ccc(C(C)N2C[C@H](C)N(c3c(C#N)c(=O)n(C)c4ccc(C#N)nc34)CC2C)cc1. The summed E-state index contributed by atoms with van der Waals surface area (Å²) >= 11 is 0. The molecule has 1 saturated heterocycles. The number of benzene rings is 1. The third-order valence-electron chi connectivity index (χ3n) is 6.82. The highest BCUT2D eigenvalue weighted by molar-refractivity contribution is 5.92. The highest BCUT2D eigenvalue weighted by Gasteiger charge is 2.35. The Bertz CT molecular complexity index is 1340. The second-order valence-corrected chi connectivity index (χ2v) is 9.01. The second kappa shape index (κ2) is 8.69. The van der Waals surface area contributed by atoms with Gasteiger partial charge in [-0.3, -0.25) is 9.69 Å². The van der Waals surface area contributed by atoms with E-state index in [-0.39, 0.29) is 34.9 Å². The molecule has 0 radical (unpaired) electrons. The topological polar surface area (TPSA) is 89.0 Å². The van der Waals surface area contributed by atoms with Crippen LogP contribution in [0.15, 0.2) is 41.2 Å². The van der Waals surface area contributed by atoms with Crippen LogP contribution in [-0.4, -0.2) is 39.6 Å². The smallest absolute Gasteiger partial charge is 0.270 e. The fourth-order valence-corrected chi connectivity index (χ4v) is 4.88. The summed E-state index contributed by atoms with van der Waals surface area (Å²) in [4.78, 5) is 22.1. The normalized spacial score (nSPS) is 19.8. The van der Waals surface area contributed by atoms with Crippen LogP contribution >= 0.6 is 0 Å². The van der Waals surface area contributed by atoms with Gasteiger partial charge in [0.1, 0.15) is 28.9 Å². The van der Waals surface area contributed by atoms with E-state index in [0.29, 0.717) is 23.3 Å². The fraction of sp³-hybridized carbons (Fsp3) is 0.385. The predicted octanol–water partition coefficient (Wildman–Crippen LogP) is 3.65. The van der Waals surface area contributed by atoms with Gasteiger partial charge in [-0.2, -0.15) is 10.5 Å². The van der Waals surface area contributed by atoms with Crippen molar-refractivity contribution in [3.05, 3.63) is 69.1 Å². The molecular formula is C26H28N6O. The number of anilines is 1. The summed E-state index contributed by atoms with van der Waals surface area (Å²) in [5.41, 5.74) is 4.17. The van der Waals surface area contributed by atoms with E-state index < -0.39 is 0 Å². The van der Waals surface area contributed by atoms with E-state index in [4.69, 9.17) is 0 Å². The Morgan fingerprint density at radius 2 is 1.73 bits per heavy atom. The third-order valence-corrected chi connectivity index (χ3v) is 6.82. The molecule has 2 unspecified atom stereocenters. The summed E-state index contributed by atoms with van der Waals surface area (Å²) < 4.78 is 1.44. The molecule has 0 N–H and O–H groups in total. The van der Waals surface area contributed by atoms with Crippen molar-refractivity contribution < 1.29 is 0 Å². The molecule has 1 aliphatic rings. The zero-order valence-electron chi connectivity index (χ0n) is 19.7. The first-order valence-corrected chi connectivity index (χ1v) is 11.2. The summed E-state index contributed by atoms with van der Waals surface area (Å²) in [5.74, 6) is 0. The van der Waals surface area contributed by atoms with Crippen LogP contribution in [0.4, 0.5) is 5.69 Å². The molecule has 1 aliphatic heterocycles. The highest BCUT2D eigenvalue weighted by Crippen LogP contribution is 2.34. The number of aromatic nitrogens is 2. The maximum atomic E-state index is 13.0. The Labute approximate surface area is 194 Å². The Kier molecular flexibility index (Phi) is 5.93. The van der Waals surface area contributed by atoms with E-state index in [1.807, 2.05) is 0 Å². The zero-order chi connectivity index (χ0) is 23.9. The van der Waals surface area contributed by atoms with E-state index in [9.17, 15) is 15.3 Å². The molecule has 0 saturated carbocycles. The maximum Gasteiger partial charge on any atom is 0.270 e. The van der Waals surface area contributed by atoms with Gasteiger partial charge in [-0.15, -0.1) is 0 Å². The lowest BCUT2D eigenvalue weighted by atomic mass is 9.99. The number of fused-ring (bicyclic) bond motifs is 1. The van der Waals surface area contributed by atoms with Crippen LogP contribution in [0.25, 0.3) is 11.0 Å². The molecule has 4 rings (SSSR count). The Morgan fingerprint density at radius 3 is 2.36 bits per heavy atom. The van der Waals surface area contributed by atoms with Gasteiger partial charge in [0.05, 0.1) is 11.2 Å². The molecule has 7 heteroatoms. The van der Waals surface area contributed by atoms with Crippen LogP contribution in [0, 0.1) is 29.6 Å². The lowest BCUT2D eigenvalue weighted by Crippen LogP contribution is -2.57. The van der Waals surface area contributed by atoms with E-state index >= 15 is 0 Å². The van der Waals surface area contributed by atoms with Gasteiger partial charge in [-0.1, -0.05) is 29.8 Å². The van der Waals surface area contributed by atoms with Gasteiger partial charge in [0.15, 0.2) is 0 Å². The largest absolute Gasteiger partial charge is 0.363 e. The molecule has 1 fully saturated rings. The molecule has 168 valence electrons. The molecule has 7 nitrogen and oxygen atoms in total. The number of aryl methyl sites for hydroxylation is 2. The number of nitrogens with zero attached hydrogens (tertiary/aromatic N) is 6. The fourth-order valence-electron chi connectivity index (χ4n) is 4.88. The van der Waals surface area contributed by atoms with E-state index in [2.05, 4.69) is 78.9 Å². The van der Waals surface area contributed by atoms with E-state index in [0.717, 1.165) is 6.54 Å². The number of hydrogen-bond acceptors (Lipinski definition) is 6. The number of piperazine rings is 1. The number of hydrogen-bond donors (Lipinski definition) is 0. The van der Waals surface area contributed by atoms with Crippen molar-refractivity contribution >= 4 is 16.7 Å². The average molecular weight is 441 g/mol. The second-order valence-electron chi connectivity index (χ2n) is 9.01. The standard InChI is InChI=1S/C26H28N6O/c1-16-6-8-20(9-7-16)19(4)31-14-18(3)32(15-17(31)2)25-22(13-28)26(33)30(5)23-11-10-21(12-27)29-24(23)25/h6-11,17-19H,14-15H2,1-5H3/t17?,18-,19?/m0/s1. The zero-order valence-corrected chi connectivity index (χ0v) is 19.7. The molecule has 33 heavy (non-hydrogen) atoms. The maximum absolute atomic E-state index is 13.0. The quantitative estimate of drug-likeness (QED) is 0.618. The molecule has 3 aromatic rings. The summed E-state index contributed by atoms with van der Waals surface area (Å²) in [6, 6.07) is 16.6. The van der Waals surface area contributed by atoms with Crippen molar-refractivity contribution in [2.75, 3.05) is 18.0 Å². The van der Waals surface area contributed by atoms with Gasteiger partial charge in [0.25, 0.3) is 5.56 Å². The molecular weight excluding hydrogens is 412 g/mol. The number of pyridine rings is 2. The van der Waals surface area contributed by atoms with E-state index in [1.165, 1.54) is 15.7 Å². The van der Waals surface area contributed by atoms with Crippen LogP contribution in [0.2, 0.25) is 0 Å². The first-order valence-electron chi connectivity index (χ1n) is 11.2. The summed E-state index contributed by atoms with van der Waals surface area (Å²) in [7, 11) is 1.64. The average Bonchev–Trinajstić information content (AvgIpc) is 2.82. The van der Waals surface area contributed by atoms with Gasteiger partial charge in [0, 0.05) is 38.3 Å². The van der Waals surface area contributed by atoms with Crippen molar-refractivity contribution in [2.24, 2.45) is 7.05 Å². The lowest BCUT2D eigenvalue weighted by molar-refractivity contribution is 0.119. The molecule has 2 aromatic heterocycles. The minimum absolute atomic E-state index is 0.0454. The minimum Gasteiger partial charge on any atom is -0.363 e. The molecule has 0 spiro atoms. The number of rotatable bonds is 3. The van der Waals surface area contributed by atoms with E-state index in [1.54, 1.807) is 19.2 Å². The first-order chi connectivity index (χ1) is 15.8. The summed E-state index contributed by atoms with van der Waals surface area (Å²) in [6.07, 6.45) is 0. The molecule has 1 aromatic carbocycles. The van der Waals surface area contributed by atoms with Crippen LogP contribution in [0.3, 0.4) is 0 Å². The van der Waals surface area contributed by atoms with Crippen molar-refractivity contribution in [2.45, 2.75) is 45.8 Å². The van der Waals surface area contributed by atoms with Crippen LogP contribution < -0.4 is 10.5 Å². The molecule has 3 atom stereocenters. The van der Waals surface area contributed by atoms with Gasteiger partial charge in [0.2, 0.25) is 0 Å². The van der Waals surface area contributed by atoms with Crippen LogP contribution in [0.5, 0.6) is 0 Å². The Balaban J connectivity index is 1.78. The van der Waals surface area contributed by atoms with Gasteiger partial charge >= 0.3 is 0 Å². The third kappa shape index (κ3) is 3.86.